The van der Waals surface area contributed by atoms with Gasteiger partial charge in [0.2, 0.25) is 0 Å². The molecule has 0 aliphatic rings. The van der Waals surface area contributed by atoms with Gasteiger partial charge in [-0.25, -0.2) is 4.79 Å². The van der Waals surface area contributed by atoms with Crippen molar-refractivity contribution in [2.45, 2.75) is 6.92 Å². The highest BCUT2D eigenvalue weighted by atomic mass is 16.5. The summed E-state index contributed by atoms with van der Waals surface area (Å²) >= 11 is 0. The molecular formula is C22H20N4O2. The second kappa shape index (κ2) is 7.44. The average molecular weight is 372 g/mol. The summed E-state index contributed by atoms with van der Waals surface area (Å²) in [5, 5.41) is 6.79. The fourth-order valence-corrected chi connectivity index (χ4v) is 3.19. The standard InChI is InChI=1S/C22H20N4O2/c1-14-9-10-19(28-2)18(12-14)25-22(27)26-21-16-7-3-4-8-17(16)24-20(21)15-6-5-11-23-13-15/h3-13,24H,1-2H3,(H2,25,26,27). The van der Waals surface area contributed by atoms with Crippen LogP contribution < -0.4 is 15.4 Å². The van der Waals surface area contributed by atoms with Crippen LogP contribution in [0.15, 0.2) is 67.0 Å². The topological polar surface area (TPSA) is 79.0 Å². The third-order valence-corrected chi connectivity index (χ3v) is 4.50. The number of nitrogens with one attached hydrogen (secondary N) is 3. The number of aromatic amines is 1. The molecule has 0 saturated carbocycles. The monoisotopic (exact) mass is 372 g/mol. The lowest BCUT2D eigenvalue weighted by atomic mass is 10.1. The molecule has 2 heterocycles. The number of anilines is 2. The molecule has 0 fully saturated rings. The Morgan fingerprint density at radius 1 is 1.07 bits per heavy atom. The molecule has 6 heteroatoms. The molecule has 3 N–H and O–H groups in total. The summed E-state index contributed by atoms with van der Waals surface area (Å²) in [6.45, 7) is 1.96. The maximum absolute atomic E-state index is 12.8. The molecule has 0 unspecified atom stereocenters. The highest BCUT2D eigenvalue weighted by Gasteiger charge is 2.16. The van der Waals surface area contributed by atoms with Crippen molar-refractivity contribution in [1.82, 2.24) is 9.97 Å². The second-order valence-corrected chi connectivity index (χ2v) is 6.45. The molecular weight excluding hydrogens is 352 g/mol. The number of methoxy groups -OCH3 is 1. The first-order valence-corrected chi connectivity index (χ1v) is 8.89. The fraction of sp³-hybridized carbons (Fsp3) is 0.0909. The van der Waals surface area contributed by atoms with Gasteiger partial charge in [-0.1, -0.05) is 24.3 Å². The zero-order valence-electron chi connectivity index (χ0n) is 15.6. The highest BCUT2D eigenvalue weighted by molar-refractivity contribution is 6.10. The molecule has 0 aliphatic heterocycles. The minimum atomic E-state index is -0.348. The molecule has 2 aromatic heterocycles. The van der Waals surface area contributed by atoms with Crippen molar-refractivity contribution >= 4 is 28.3 Å². The fourth-order valence-electron chi connectivity index (χ4n) is 3.19. The van der Waals surface area contributed by atoms with E-state index in [0.717, 1.165) is 27.7 Å². The quantitative estimate of drug-likeness (QED) is 0.461. The Labute approximate surface area is 162 Å². The van der Waals surface area contributed by atoms with Crippen LogP contribution in [0.25, 0.3) is 22.2 Å². The summed E-state index contributed by atoms with van der Waals surface area (Å²) in [6, 6.07) is 16.9. The normalized spacial score (nSPS) is 10.6. The first kappa shape index (κ1) is 17.6. The number of ether oxygens (including phenoxy) is 1. The van der Waals surface area contributed by atoms with E-state index in [1.54, 1.807) is 19.5 Å². The zero-order valence-corrected chi connectivity index (χ0v) is 15.6. The average Bonchev–Trinajstić information content (AvgIpc) is 3.07. The summed E-state index contributed by atoms with van der Waals surface area (Å²) in [6.07, 6.45) is 3.48. The molecule has 0 saturated heterocycles. The zero-order chi connectivity index (χ0) is 19.5. The molecule has 6 nitrogen and oxygen atoms in total. The number of para-hydroxylation sites is 1. The predicted molar refractivity (Wildman–Crippen MR) is 112 cm³/mol. The molecule has 4 rings (SSSR count). The van der Waals surface area contributed by atoms with Gasteiger partial charge in [0.05, 0.1) is 24.2 Å². The van der Waals surface area contributed by atoms with Crippen LogP contribution in [-0.2, 0) is 0 Å². The van der Waals surface area contributed by atoms with Crippen molar-refractivity contribution in [1.29, 1.82) is 0 Å². The second-order valence-electron chi connectivity index (χ2n) is 6.45. The minimum Gasteiger partial charge on any atom is -0.495 e. The molecule has 2 amide bonds. The Kier molecular flexibility index (Phi) is 4.68. The van der Waals surface area contributed by atoms with Crippen LogP contribution >= 0.6 is 0 Å². The van der Waals surface area contributed by atoms with Gasteiger partial charge in [-0.3, -0.25) is 4.98 Å². The maximum Gasteiger partial charge on any atom is 0.323 e. The first-order chi connectivity index (χ1) is 13.7. The Balaban J connectivity index is 1.70. The van der Waals surface area contributed by atoms with Gasteiger partial charge < -0.3 is 20.4 Å². The van der Waals surface area contributed by atoms with Crippen molar-refractivity contribution in [3.05, 3.63) is 72.6 Å². The van der Waals surface area contributed by atoms with Crippen molar-refractivity contribution in [3.8, 4) is 17.0 Å². The van der Waals surface area contributed by atoms with Crippen LogP contribution in [0.5, 0.6) is 5.75 Å². The number of pyridine rings is 1. The van der Waals surface area contributed by atoms with Gasteiger partial charge in [-0.2, -0.15) is 0 Å². The third-order valence-electron chi connectivity index (χ3n) is 4.50. The number of nitrogens with zero attached hydrogens (tertiary/aromatic N) is 1. The number of H-pyrrole nitrogens is 1. The number of urea groups is 1. The number of carbonyl (C=O) groups is 1. The van der Waals surface area contributed by atoms with E-state index < -0.39 is 0 Å². The van der Waals surface area contributed by atoms with Crippen molar-refractivity contribution < 1.29 is 9.53 Å². The molecule has 4 aromatic rings. The SMILES string of the molecule is COc1ccc(C)cc1NC(=O)Nc1c(-c2cccnc2)[nH]c2ccccc12. The van der Waals surface area contributed by atoms with Crippen LogP contribution in [0.4, 0.5) is 16.2 Å². The molecule has 0 spiro atoms. The largest absolute Gasteiger partial charge is 0.495 e. The number of rotatable bonds is 4. The number of fused-ring (bicyclic) bond motifs is 1. The smallest absolute Gasteiger partial charge is 0.323 e. The number of aromatic nitrogens is 2. The van der Waals surface area contributed by atoms with E-state index in [2.05, 4.69) is 20.6 Å². The first-order valence-electron chi connectivity index (χ1n) is 8.89. The van der Waals surface area contributed by atoms with Crippen LogP contribution in [0.2, 0.25) is 0 Å². The summed E-state index contributed by atoms with van der Waals surface area (Å²) in [4.78, 5) is 20.3. The van der Waals surface area contributed by atoms with E-state index in [9.17, 15) is 4.79 Å². The van der Waals surface area contributed by atoms with Crippen LogP contribution in [0, 0.1) is 6.92 Å². The molecule has 0 radical (unpaired) electrons. The van der Waals surface area contributed by atoms with Gasteiger partial charge in [0.1, 0.15) is 5.75 Å². The molecule has 2 aromatic carbocycles. The summed E-state index contributed by atoms with van der Waals surface area (Å²) in [5.74, 6) is 0.604. The number of hydrogen-bond donors (Lipinski definition) is 3. The number of hydrogen-bond acceptors (Lipinski definition) is 3. The Morgan fingerprint density at radius 3 is 2.71 bits per heavy atom. The van der Waals surface area contributed by atoms with Crippen molar-refractivity contribution in [2.75, 3.05) is 17.7 Å². The number of aryl methyl sites for hydroxylation is 1. The van der Waals surface area contributed by atoms with E-state index in [4.69, 9.17) is 4.74 Å². The van der Waals surface area contributed by atoms with E-state index in [0.29, 0.717) is 17.1 Å². The minimum absolute atomic E-state index is 0.348. The van der Waals surface area contributed by atoms with Gasteiger partial charge in [-0.15, -0.1) is 0 Å². The number of amides is 2. The number of benzene rings is 2. The lowest BCUT2D eigenvalue weighted by molar-refractivity contribution is 0.262. The Hall–Kier alpha value is -3.80. The van der Waals surface area contributed by atoms with Crippen LogP contribution in [0.3, 0.4) is 0 Å². The van der Waals surface area contributed by atoms with E-state index in [1.807, 2.05) is 61.5 Å². The number of carbonyl (C=O) groups excluding carboxylic acids is 1. The summed E-state index contributed by atoms with van der Waals surface area (Å²) < 4.78 is 5.34. The maximum atomic E-state index is 12.8. The van der Waals surface area contributed by atoms with Gasteiger partial charge in [0.25, 0.3) is 0 Å². The molecule has 0 aliphatic carbocycles. The lowest BCUT2D eigenvalue weighted by Crippen LogP contribution is -2.20. The Morgan fingerprint density at radius 2 is 1.93 bits per heavy atom. The summed E-state index contributed by atoms with van der Waals surface area (Å²) in [5.41, 5.74) is 4.97. The van der Waals surface area contributed by atoms with Crippen LogP contribution in [-0.4, -0.2) is 23.1 Å². The van der Waals surface area contributed by atoms with Gasteiger partial charge in [0.15, 0.2) is 0 Å². The third kappa shape index (κ3) is 3.40. The molecule has 140 valence electrons. The highest BCUT2D eigenvalue weighted by Crippen LogP contribution is 2.35. The van der Waals surface area contributed by atoms with Crippen LogP contribution in [0.1, 0.15) is 5.56 Å². The lowest BCUT2D eigenvalue weighted by Gasteiger charge is -2.12. The molecule has 28 heavy (non-hydrogen) atoms. The molecule has 0 bridgehead atoms. The van der Waals surface area contributed by atoms with Gasteiger partial charge in [0, 0.05) is 28.9 Å². The summed E-state index contributed by atoms with van der Waals surface area (Å²) in [7, 11) is 1.58. The van der Waals surface area contributed by atoms with E-state index in [1.165, 1.54) is 0 Å². The van der Waals surface area contributed by atoms with E-state index >= 15 is 0 Å². The predicted octanol–water partition coefficient (Wildman–Crippen LogP) is 5.19. The van der Waals surface area contributed by atoms with Gasteiger partial charge >= 0.3 is 6.03 Å². The van der Waals surface area contributed by atoms with Crippen molar-refractivity contribution in [3.63, 3.8) is 0 Å². The molecule has 0 atom stereocenters. The van der Waals surface area contributed by atoms with E-state index in [-0.39, 0.29) is 6.03 Å². The Bertz CT molecular complexity index is 1140. The van der Waals surface area contributed by atoms with Crippen molar-refractivity contribution in [2.24, 2.45) is 0 Å². The van der Waals surface area contributed by atoms with Gasteiger partial charge in [-0.05, 0) is 42.8 Å².